The third-order valence-electron chi connectivity index (χ3n) is 3.37. The van der Waals surface area contributed by atoms with Crippen LogP contribution in [0.2, 0.25) is 5.02 Å². The Hall–Kier alpha value is -1.45. The van der Waals surface area contributed by atoms with Gasteiger partial charge in [0.15, 0.2) is 0 Å². The van der Waals surface area contributed by atoms with Crippen LogP contribution in [0.4, 0.5) is 0 Å². The minimum absolute atomic E-state index is 0.0358. The summed E-state index contributed by atoms with van der Waals surface area (Å²) in [5.41, 5.74) is 2.35. The number of carbonyl (C=O) groups is 1. The van der Waals surface area contributed by atoms with E-state index in [1.54, 1.807) is 11.8 Å². The van der Waals surface area contributed by atoms with Crippen molar-refractivity contribution in [1.82, 2.24) is 5.32 Å². The number of thioether (sulfide) groups is 1. The molecule has 0 radical (unpaired) electrons. The van der Waals surface area contributed by atoms with Crippen LogP contribution < -0.4 is 5.32 Å². The lowest BCUT2D eigenvalue weighted by Gasteiger charge is -2.14. The van der Waals surface area contributed by atoms with Crippen molar-refractivity contribution in [2.75, 3.05) is 5.75 Å². The van der Waals surface area contributed by atoms with Gasteiger partial charge in [0.25, 0.3) is 0 Å². The van der Waals surface area contributed by atoms with Crippen LogP contribution in [-0.4, -0.2) is 11.7 Å². The third kappa shape index (κ3) is 5.39. The maximum absolute atomic E-state index is 12.0. The molecule has 1 N–H and O–H groups in total. The summed E-state index contributed by atoms with van der Waals surface area (Å²) in [4.78, 5) is 13.1. The first-order valence-corrected chi connectivity index (χ1v) is 8.65. The lowest BCUT2D eigenvalue weighted by atomic mass is 10.1. The molecule has 2 nitrogen and oxygen atoms in total. The molecule has 22 heavy (non-hydrogen) atoms. The molecule has 0 aliphatic rings. The average molecular weight is 334 g/mol. The normalized spacial score (nSPS) is 12.0. The summed E-state index contributed by atoms with van der Waals surface area (Å²) in [6.45, 7) is 4.07. The van der Waals surface area contributed by atoms with Crippen molar-refractivity contribution in [3.05, 3.63) is 64.7 Å². The molecule has 1 amide bonds. The SMILES string of the molecule is Cc1ccc([C@H](C)NC(=O)CCSc2ccc(Cl)cc2)cc1. The lowest BCUT2D eigenvalue weighted by Crippen LogP contribution is -2.26. The van der Waals surface area contributed by atoms with Gasteiger partial charge in [-0.3, -0.25) is 4.79 Å². The van der Waals surface area contributed by atoms with E-state index in [0.29, 0.717) is 6.42 Å². The number of benzene rings is 2. The molecule has 0 saturated carbocycles. The smallest absolute Gasteiger partial charge is 0.221 e. The van der Waals surface area contributed by atoms with Crippen molar-refractivity contribution in [3.8, 4) is 0 Å². The Morgan fingerprint density at radius 3 is 2.41 bits per heavy atom. The van der Waals surface area contributed by atoms with Crippen LogP contribution in [-0.2, 0) is 4.79 Å². The van der Waals surface area contributed by atoms with Crippen molar-refractivity contribution in [2.24, 2.45) is 0 Å². The molecule has 0 heterocycles. The Morgan fingerprint density at radius 2 is 1.77 bits per heavy atom. The summed E-state index contributed by atoms with van der Waals surface area (Å²) in [6.07, 6.45) is 0.503. The number of rotatable bonds is 6. The van der Waals surface area contributed by atoms with E-state index in [1.807, 2.05) is 31.2 Å². The topological polar surface area (TPSA) is 29.1 Å². The van der Waals surface area contributed by atoms with Gasteiger partial charge in [-0.15, -0.1) is 11.8 Å². The molecule has 2 rings (SSSR count). The fourth-order valence-corrected chi connectivity index (χ4v) is 3.02. The van der Waals surface area contributed by atoms with Crippen LogP contribution in [0.1, 0.15) is 30.5 Å². The highest BCUT2D eigenvalue weighted by Gasteiger charge is 2.09. The molecule has 0 aliphatic carbocycles. The quantitative estimate of drug-likeness (QED) is 0.753. The molecular formula is C18H20ClNOS. The molecule has 1 atom stereocenters. The van der Waals surface area contributed by atoms with Crippen molar-refractivity contribution in [3.63, 3.8) is 0 Å². The van der Waals surface area contributed by atoms with E-state index in [0.717, 1.165) is 21.2 Å². The lowest BCUT2D eigenvalue weighted by molar-refractivity contribution is -0.121. The van der Waals surface area contributed by atoms with Gasteiger partial charge in [0.1, 0.15) is 0 Å². The second kappa shape index (κ2) is 8.25. The molecule has 2 aromatic rings. The van der Waals surface area contributed by atoms with Gasteiger partial charge in [0, 0.05) is 22.1 Å². The van der Waals surface area contributed by atoms with Gasteiger partial charge in [-0.25, -0.2) is 0 Å². The number of amides is 1. The van der Waals surface area contributed by atoms with E-state index >= 15 is 0 Å². The van der Waals surface area contributed by atoms with Crippen LogP contribution in [0.5, 0.6) is 0 Å². The first-order valence-electron chi connectivity index (χ1n) is 7.29. The largest absolute Gasteiger partial charge is 0.350 e. The van der Waals surface area contributed by atoms with Gasteiger partial charge in [-0.2, -0.15) is 0 Å². The Labute approximate surface area is 141 Å². The van der Waals surface area contributed by atoms with E-state index in [9.17, 15) is 4.79 Å². The zero-order valence-electron chi connectivity index (χ0n) is 12.8. The van der Waals surface area contributed by atoms with E-state index in [-0.39, 0.29) is 11.9 Å². The van der Waals surface area contributed by atoms with E-state index in [1.165, 1.54) is 5.56 Å². The van der Waals surface area contributed by atoms with E-state index in [4.69, 9.17) is 11.6 Å². The second-order valence-electron chi connectivity index (χ2n) is 5.25. The van der Waals surface area contributed by atoms with Gasteiger partial charge >= 0.3 is 0 Å². The Bertz CT molecular complexity index is 610. The molecule has 0 unspecified atom stereocenters. The molecular weight excluding hydrogens is 314 g/mol. The standard InChI is InChI=1S/C18H20ClNOS/c1-13-3-5-15(6-4-13)14(2)20-18(21)11-12-22-17-9-7-16(19)8-10-17/h3-10,14H,11-12H2,1-2H3,(H,20,21)/t14-/m0/s1. The summed E-state index contributed by atoms with van der Waals surface area (Å²) < 4.78 is 0. The monoisotopic (exact) mass is 333 g/mol. The minimum Gasteiger partial charge on any atom is -0.350 e. The number of halogens is 1. The Kier molecular flexibility index (Phi) is 6.34. The van der Waals surface area contributed by atoms with Crippen molar-refractivity contribution in [1.29, 1.82) is 0 Å². The van der Waals surface area contributed by atoms with Gasteiger partial charge in [0.05, 0.1) is 6.04 Å². The van der Waals surface area contributed by atoms with Gasteiger partial charge in [-0.05, 0) is 43.7 Å². The average Bonchev–Trinajstić information content (AvgIpc) is 2.50. The number of nitrogens with one attached hydrogen (secondary N) is 1. The van der Waals surface area contributed by atoms with E-state index < -0.39 is 0 Å². The molecule has 0 saturated heterocycles. The zero-order chi connectivity index (χ0) is 15.9. The summed E-state index contributed by atoms with van der Waals surface area (Å²) in [5.74, 6) is 0.836. The molecule has 116 valence electrons. The van der Waals surface area contributed by atoms with Crippen LogP contribution >= 0.6 is 23.4 Å². The van der Waals surface area contributed by atoms with E-state index in [2.05, 4.69) is 36.5 Å². The van der Waals surface area contributed by atoms with Crippen LogP contribution in [0, 0.1) is 6.92 Å². The maximum Gasteiger partial charge on any atom is 0.221 e. The number of aryl methyl sites for hydroxylation is 1. The fourth-order valence-electron chi connectivity index (χ4n) is 2.04. The molecule has 2 aromatic carbocycles. The maximum atomic E-state index is 12.0. The van der Waals surface area contributed by atoms with Crippen molar-refractivity contribution < 1.29 is 4.79 Å². The molecule has 0 bridgehead atoms. The third-order valence-corrected chi connectivity index (χ3v) is 4.63. The number of hydrogen-bond donors (Lipinski definition) is 1. The van der Waals surface area contributed by atoms with Crippen molar-refractivity contribution >= 4 is 29.3 Å². The zero-order valence-corrected chi connectivity index (χ0v) is 14.4. The van der Waals surface area contributed by atoms with Crippen LogP contribution in [0.3, 0.4) is 0 Å². The Morgan fingerprint density at radius 1 is 1.14 bits per heavy atom. The first-order chi connectivity index (χ1) is 10.5. The van der Waals surface area contributed by atoms with Crippen LogP contribution in [0.15, 0.2) is 53.4 Å². The highest BCUT2D eigenvalue weighted by molar-refractivity contribution is 7.99. The molecule has 0 aromatic heterocycles. The summed E-state index contributed by atoms with van der Waals surface area (Å²) in [5, 5.41) is 3.77. The fraction of sp³-hybridized carbons (Fsp3) is 0.278. The number of carbonyl (C=O) groups excluding carboxylic acids is 1. The molecule has 0 spiro atoms. The first kappa shape index (κ1) is 16.9. The second-order valence-corrected chi connectivity index (χ2v) is 6.86. The predicted octanol–water partition coefficient (Wildman–Crippen LogP) is 5.01. The summed E-state index contributed by atoms with van der Waals surface area (Å²) >= 11 is 7.51. The Balaban J connectivity index is 1.75. The van der Waals surface area contributed by atoms with Gasteiger partial charge < -0.3 is 5.32 Å². The highest BCUT2D eigenvalue weighted by atomic mass is 35.5. The van der Waals surface area contributed by atoms with Crippen molar-refractivity contribution in [2.45, 2.75) is 31.2 Å². The molecule has 0 aliphatic heterocycles. The highest BCUT2D eigenvalue weighted by Crippen LogP contribution is 2.21. The number of hydrogen-bond acceptors (Lipinski definition) is 2. The van der Waals surface area contributed by atoms with Gasteiger partial charge in [-0.1, -0.05) is 41.4 Å². The van der Waals surface area contributed by atoms with Crippen LogP contribution in [0.25, 0.3) is 0 Å². The predicted molar refractivity (Wildman–Crippen MR) is 94.5 cm³/mol. The molecule has 4 heteroatoms. The molecule has 0 fully saturated rings. The van der Waals surface area contributed by atoms with Gasteiger partial charge in [0.2, 0.25) is 5.91 Å². The summed E-state index contributed by atoms with van der Waals surface area (Å²) in [6, 6.07) is 16.0. The summed E-state index contributed by atoms with van der Waals surface area (Å²) in [7, 11) is 0. The minimum atomic E-state index is 0.0358.